The van der Waals surface area contributed by atoms with E-state index in [1.807, 2.05) is 30.3 Å². The molecule has 1 heterocycles. The predicted octanol–water partition coefficient (Wildman–Crippen LogP) is 4.86. The standard InChI is InChI=1S/C16H19BrN2OS/c1-11(2)18-9-12-8-13(17)10-19-16(12)20-14-4-6-15(21-3)7-5-14/h4-8,10-11,18H,9H2,1-3H3. The van der Waals surface area contributed by atoms with Crippen LogP contribution in [0.1, 0.15) is 19.4 Å². The van der Waals surface area contributed by atoms with Crippen LogP contribution in [0.25, 0.3) is 0 Å². The molecule has 2 aromatic rings. The monoisotopic (exact) mass is 366 g/mol. The highest BCUT2D eigenvalue weighted by Gasteiger charge is 2.08. The first-order chi connectivity index (χ1) is 10.1. The van der Waals surface area contributed by atoms with Crippen LogP contribution in [0.2, 0.25) is 0 Å². The van der Waals surface area contributed by atoms with E-state index >= 15 is 0 Å². The highest BCUT2D eigenvalue weighted by Crippen LogP contribution is 2.27. The van der Waals surface area contributed by atoms with Gasteiger partial charge in [0.15, 0.2) is 0 Å². The molecule has 0 bridgehead atoms. The Bertz CT molecular complexity index is 587. The molecule has 112 valence electrons. The minimum Gasteiger partial charge on any atom is -0.439 e. The van der Waals surface area contributed by atoms with Crippen molar-refractivity contribution in [2.75, 3.05) is 6.26 Å². The van der Waals surface area contributed by atoms with Gasteiger partial charge in [-0.05, 0) is 52.5 Å². The van der Waals surface area contributed by atoms with Gasteiger partial charge in [-0.25, -0.2) is 4.98 Å². The maximum absolute atomic E-state index is 5.92. The molecule has 0 amide bonds. The van der Waals surface area contributed by atoms with Crippen molar-refractivity contribution in [3.8, 4) is 11.6 Å². The number of halogens is 1. The molecule has 0 saturated carbocycles. The third-order valence-corrected chi connectivity index (χ3v) is 4.04. The number of aromatic nitrogens is 1. The SMILES string of the molecule is CSc1ccc(Oc2ncc(Br)cc2CNC(C)C)cc1. The largest absolute Gasteiger partial charge is 0.439 e. The Balaban J connectivity index is 2.17. The van der Waals surface area contributed by atoms with E-state index in [0.717, 1.165) is 22.3 Å². The second-order valence-electron chi connectivity index (χ2n) is 4.93. The van der Waals surface area contributed by atoms with Crippen molar-refractivity contribution in [3.63, 3.8) is 0 Å². The molecule has 2 rings (SSSR count). The van der Waals surface area contributed by atoms with Gasteiger partial charge in [-0.1, -0.05) is 13.8 Å². The van der Waals surface area contributed by atoms with Crippen molar-refractivity contribution in [2.45, 2.75) is 31.3 Å². The minimum absolute atomic E-state index is 0.415. The van der Waals surface area contributed by atoms with Crippen LogP contribution in [-0.4, -0.2) is 17.3 Å². The third-order valence-electron chi connectivity index (χ3n) is 2.87. The molecule has 0 aliphatic heterocycles. The van der Waals surface area contributed by atoms with Crippen molar-refractivity contribution in [1.29, 1.82) is 0 Å². The van der Waals surface area contributed by atoms with Crippen LogP contribution in [0.5, 0.6) is 11.6 Å². The van der Waals surface area contributed by atoms with E-state index < -0.39 is 0 Å². The zero-order valence-electron chi connectivity index (χ0n) is 12.4. The van der Waals surface area contributed by atoms with Crippen LogP contribution in [0.15, 0.2) is 45.9 Å². The summed E-state index contributed by atoms with van der Waals surface area (Å²) in [4.78, 5) is 5.60. The summed E-state index contributed by atoms with van der Waals surface area (Å²) >= 11 is 5.17. The Morgan fingerprint density at radius 3 is 2.62 bits per heavy atom. The molecule has 0 spiro atoms. The third kappa shape index (κ3) is 5.02. The molecular formula is C16H19BrN2OS. The molecule has 0 saturated heterocycles. The number of thioether (sulfide) groups is 1. The van der Waals surface area contributed by atoms with Gasteiger partial charge in [0, 0.05) is 33.7 Å². The predicted molar refractivity (Wildman–Crippen MR) is 92.2 cm³/mol. The quantitative estimate of drug-likeness (QED) is 0.740. The van der Waals surface area contributed by atoms with Gasteiger partial charge < -0.3 is 10.1 Å². The van der Waals surface area contributed by atoms with Gasteiger partial charge in [0.25, 0.3) is 0 Å². The van der Waals surface area contributed by atoms with Crippen LogP contribution < -0.4 is 10.1 Å². The first kappa shape index (κ1) is 16.3. The first-order valence-electron chi connectivity index (χ1n) is 6.78. The Morgan fingerprint density at radius 1 is 1.29 bits per heavy atom. The van der Waals surface area contributed by atoms with Gasteiger partial charge in [0.2, 0.25) is 5.88 Å². The lowest BCUT2D eigenvalue weighted by molar-refractivity contribution is 0.449. The normalized spacial score (nSPS) is 10.9. The number of nitrogens with one attached hydrogen (secondary N) is 1. The second kappa shape index (κ2) is 7.82. The molecule has 0 aliphatic rings. The van der Waals surface area contributed by atoms with Crippen molar-refractivity contribution in [3.05, 3.63) is 46.6 Å². The van der Waals surface area contributed by atoms with Gasteiger partial charge in [-0.2, -0.15) is 0 Å². The van der Waals surface area contributed by atoms with Crippen LogP contribution in [0.3, 0.4) is 0 Å². The lowest BCUT2D eigenvalue weighted by atomic mass is 10.2. The van der Waals surface area contributed by atoms with Gasteiger partial charge in [-0.3, -0.25) is 0 Å². The fourth-order valence-corrected chi connectivity index (χ4v) is 2.54. The number of hydrogen-bond acceptors (Lipinski definition) is 4. The van der Waals surface area contributed by atoms with Crippen LogP contribution in [0.4, 0.5) is 0 Å². The van der Waals surface area contributed by atoms with Gasteiger partial charge in [0.05, 0.1) is 0 Å². The summed E-state index contributed by atoms with van der Waals surface area (Å²) in [5.74, 6) is 1.44. The number of hydrogen-bond donors (Lipinski definition) is 1. The smallest absolute Gasteiger partial charge is 0.223 e. The number of pyridine rings is 1. The fraction of sp³-hybridized carbons (Fsp3) is 0.312. The van der Waals surface area contributed by atoms with Gasteiger partial charge >= 0.3 is 0 Å². The molecule has 0 atom stereocenters. The molecular weight excluding hydrogens is 348 g/mol. The summed E-state index contributed by atoms with van der Waals surface area (Å²) in [6, 6.07) is 10.5. The second-order valence-corrected chi connectivity index (χ2v) is 6.73. The molecule has 3 nitrogen and oxygen atoms in total. The van der Waals surface area contributed by atoms with E-state index in [1.165, 1.54) is 4.90 Å². The average Bonchev–Trinajstić information content (AvgIpc) is 2.48. The molecule has 0 fully saturated rings. The van der Waals surface area contributed by atoms with Crippen LogP contribution in [-0.2, 0) is 6.54 Å². The lowest BCUT2D eigenvalue weighted by Gasteiger charge is -2.13. The molecule has 0 unspecified atom stereocenters. The number of benzene rings is 1. The van der Waals surface area contributed by atoms with E-state index in [1.54, 1.807) is 18.0 Å². The Morgan fingerprint density at radius 2 is 2.00 bits per heavy atom. The van der Waals surface area contributed by atoms with Crippen molar-refractivity contribution in [1.82, 2.24) is 10.3 Å². The highest BCUT2D eigenvalue weighted by molar-refractivity contribution is 9.10. The summed E-state index contributed by atoms with van der Waals surface area (Å²) in [6.45, 7) is 4.96. The Hall–Kier alpha value is -1.04. The van der Waals surface area contributed by atoms with E-state index in [9.17, 15) is 0 Å². The van der Waals surface area contributed by atoms with Crippen molar-refractivity contribution < 1.29 is 4.74 Å². The van der Waals surface area contributed by atoms with Gasteiger partial charge in [-0.15, -0.1) is 11.8 Å². The van der Waals surface area contributed by atoms with Crippen molar-refractivity contribution >= 4 is 27.7 Å². The summed E-state index contributed by atoms with van der Waals surface area (Å²) in [5, 5.41) is 3.39. The molecule has 5 heteroatoms. The number of ether oxygens (including phenoxy) is 1. The van der Waals surface area contributed by atoms with Crippen LogP contribution >= 0.6 is 27.7 Å². The molecule has 21 heavy (non-hydrogen) atoms. The van der Waals surface area contributed by atoms with Crippen LogP contribution in [0, 0.1) is 0 Å². The fourth-order valence-electron chi connectivity index (χ4n) is 1.76. The highest BCUT2D eigenvalue weighted by atomic mass is 79.9. The molecule has 1 aromatic carbocycles. The van der Waals surface area contributed by atoms with E-state index in [4.69, 9.17) is 4.74 Å². The molecule has 1 N–H and O–H groups in total. The first-order valence-corrected chi connectivity index (χ1v) is 8.80. The topological polar surface area (TPSA) is 34.1 Å². The van der Waals surface area contributed by atoms with Crippen molar-refractivity contribution in [2.24, 2.45) is 0 Å². The van der Waals surface area contributed by atoms with E-state index in [2.05, 4.69) is 46.3 Å². The summed E-state index contributed by atoms with van der Waals surface area (Å²) < 4.78 is 6.87. The Labute approximate surface area is 138 Å². The summed E-state index contributed by atoms with van der Waals surface area (Å²) in [5.41, 5.74) is 1.03. The minimum atomic E-state index is 0.415. The molecule has 0 radical (unpaired) electrons. The zero-order chi connectivity index (χ0) is 15.2. The average molecular weight is 367 g/mol. The Kier molecular flexibility index (Phi) is 6.08. The molecule has 0 aliphatic carbocycles. The van der Waals surface area contributed by atoms with Gasteiger partial charge in [0.1, 0.15) is 5.75 Å². The van der Waals surface area contributed by atoms with E-state index in [0.29, 0.717) is 11.9 Å². The number of rotatable bonds is 6. The van der Waals surface area contributed by atoms with E-state index in [-0.39, 0.29) is 0 Å². The maximum Gasteiger partial charge on any atom is 0.223 e. The summed E-state index contributed by atoms with van der Waals surface area (Å²) in [6.07, 6.45) is 3.81. The zero-order valence-corrected chi connectivity index (χ0v) is 14.8. The molecule has 1 aromatic heterocycles. The maximum atomic E-state index is 5.92. The number of nitrogens with zero attached hydrogens (tertiary/aromatic N) is 1. The lowest BCUT2D eigenvalue weighted by Crippen LogP contribution is -2.22. The summed E-state index contributed by atoms with van der Waals surface area (Å²) in [7, 11) is 0.